The maximum Gasteiger partial charge on any atom is 0.416 e. The van der Waals surface area contributed by atoms with Crippen molar-refractivity contribution in [1.29, 1.82) is 0 Å². The molecular formula is C18H14F3N3O2. The SMILES string of the molecule is O=C(OCc1cn(Cc2ccc(C(F)(F)F)cc2)nn1)c1ccccc1. The highest BCUT2D eigenvalue weighted by atomic mass is 19.4. The highest BCUT2D eigenvalue weighted by molar-refractivity contribution is 5.89. The molecule has 134 valence electrons. The van der Waals surface area contributed by atoms with Gasteiger partial charge in [0, 0.05) is 0 Å². The minimum Gasteiger partial charge on any atom is -0.455 e. The average molecular weight is 361 g/mol. The van der Waals surface area contributed by atoms with Gasteiger partial charge < -0.3 is 4.74 Å². The molecule has 3 aromatic rings. The van der Waals surface area contributed by atoms with Crippen LogP contribution in [0, 0.1) is 0 Å². The number of aromatic nitrogens is 3. The normalized spacial score (nSPS) is 11.3. The molecule has 0 fully saturated rings. The van der Waals surface area contributed by atoms with E-state index in [9.17, 15) is 18.0 Å². The molecule has 1 aromatic heterocycles. The molecule has 0 aliphatic heterocycles. The number of carbonyl (C=O) groups excluding carboxylic acids is 1. The fourth-order valence-electron chi connectivity index (χ4n) is 2.27. The predicted molar refractivity (Wildman–Crippen MR) is 86.1 cm³/mol. The molecule has 0 unspecified atom stereocenters. The lowest BCUT2D eigenvalue weighted by Crippen LogP contribution is -2.06. The third-order valence-corrected chi connectivity index (χ3v) is 3.57. The Kier molecular flexibility index (Phi) is 5.01. The number of rotatable bonds is 5. The molecule has 0 saturated heterocycles. The Labute approximate surface area is 147 Å². The number of nitrogens with zero attached hydrogens (tertiary/aromatic N) is 3. The van der Waals surface area contributed by atoms with E-state index in [4.69, 9.17) is 4.74 Å². The lowest BCUT2D eigenvalue weighted by Gasteiger charge is -2.07. The van der Waals surface area contributed by atoms with Gasteiger partial charge in [-0.2, -0.15) is 13.2 Å². The first-order valence-electron chi connectivity index (χ1n) is 7.69. The van der Waals surface area contributed by atoms with E-state index in [1.54, 1.807) is 36.5 Å². The maximum atomic E-state index is 12.6. The first-order valence-corrected chi connectivity index (χ1v) is 7.69. The van der Waals surface area contributed by atoms with Crippen LogP contribution in [0.25, 0.3) is 0 Å². The molecule has 8 heteroatoms. The van der Waals surface area contributed by atoms with Crippen molar-refractivity contribution < 1.29 is 22.7 Å². The predicted octanol–water partition coefficient (Wildman–Crippen LogP) is 3.70. The molecule has 0 aliphatic rings. The molecule has 3 rings (SSSR count). The number of alkyl halides is 3. The van der Waals surface area contributed by atoms with E-state index in [-0.39, 0.29) is 13.2 Å². The molecule has 5 nitrogen and oxygen atoms in total. The third kappa shape index (κ3) is 4.47. The molecule has 0 saturated carbocycles. The van der Waals surface area contributed by atoms with Gasteiger partial charge in [-0.1, -0.05) is 35.5 Å². The summed E-state index contributed by atoms with van der Waals surface area (Å²) in [5.41, 5.74) is 0.829. The van der Waals surface area contributed by atoms with Gasteiger partial charge in [-0.15, -0.1) is 5.10 Å². The Hall–Kier alpha value is -3.16. The van der Waals surface area contributed by atoms with Crippen LogP contribution in [0.3, 0.4) is 0 Å². The van der Waals surface area contributed by atoms with Crippen LogP contribution in [0.4, 0.5) is 13.2 Å². The summed E-state index contributed by atoms with van der Waals surface area (Å²) in [7, 11) is 0. The summed E-state index contributed by atoms with van der Waals surface area (Å²) in [4.78, 5) is 11.9. The average Bonchev–Trinajstić information content (AvgIpc) is 3.07. The van der Waals surface area contributed by atoms with E-state index in [2.05, 4.69) is 10.3 Å². The van der Waals surface area contributed by atoms with E-state index >= 15 is 0 Å². The lowest BCUT2D eigenvalue weighted by molar-refractivity contribution is -0.137. The van der Waals surface area contributed by atoms with Crippen LogP contribution in [0.15, 0.2) is 60.8 Å². The number of ether oxygens (including phenoxy) is 1. The molecular weight excluding hydrogens is 347 g/mol. The Morgan fingerprint density at radius 2 is 1.73 bits per heavy atom. The zero-order chi connectivity index (χ0) is 18.6. The number of halogens is 3. The van der Waals surface area contributed by atoms with Gasteiger partial charge in [0.25, 0.3) is 0 Å². The third-order valence-electron chi connectivity index (χ3n) is 3.57. The van der Waals surface area contributed by atoms with Gasteiger partial charge >= 0.3 is 12.1 Å². The summed E-state index contributed by atoms with van der Waals surface area (Å²) in [6.07, 6.45) is -2.78. The zero-order valence-corrected chi connectivity index (χ0v) is 13.5. The lowest BCUT2D eigenvalue weighted by atomic mass is 10.1. The molecule has 0 spiro atoms. The van der Waals surface area contributed by atoms with E-state index < -0.39 is 17.7 Å². The van der Waals surface area contributed by atoms with Gasteiger partial charge in [0.15, 0.2) is 0 Å². The van der Waals surface area contributed by atoms with Crippen LogP contribution >= 0.6 is 0 Å². The van der Waals surface area contributed by atoms with Crippen LogP contribution in [0.1, 0.15) is 27.2 Å². The molecule has 26 heavy (non-hydrogen) atoms. The van der Waals surface area contributed by atoms with Crippen LogP contribution in [0.2, 0.25) is 0 Å². The summed E-state index contributed by atoms with van der Waals surface area (Å²) in [5.74, 6) is -0.470. The van der Waals surface area contributed by atoms with Crippen molar-refractivity contribution in [3.8, 4) is 0 Å². The van der Waals surface area contributed by atoms with Gasteiger partial charge in [-0.05, 0) is 29.8 Å². The molecule has 1 heterocycles. The van der Waals surface area contributed by atoms with Gasteiger partial charge in [0.2, 0.25) is 0 Å². The van der Waals surface area contributed by atoms with Gasteiger partial charge in [-0.25, -0.2) is 9.48 Å². The van der Waals surface area contributed by atoms with Crippen LogP contribution in [-0.2, 0) is 24.1 Å². The van der Waals surface area contributed by atoms with Gasteiger partial charge in [0.05, 0.1) is 23.9 Å². The maximum absolute atomic E-state index is 12.6. The van der Waals surface area contributed by atoms with Gasteiger partial charge in [-0.3, -0.25) is 0 Å². The largest absolute Gasteiger partial charge is 0.455 e. The Balaban J connectivity index is 1.57. The molecule has 0 aliphatic carbocycles. The standard InChI is InChI=1S/C18H14F3N3O2/c19-18(20,21)15-8-6-13(7-9-15)10-24-11-16(22-23-24)12-26-17(25)14-4-2-1-3-5-14/h1-9,11H,10,12H2. The number of hydrogen-bond acceptors (Lipinski definition) is 4. The van der Waals surface area contributed by atoms with Crippen LogP contribution in [0.5, 0.6) is 0 Å². The molecule has 0 radical (unpaired) electrons. The second-order valence-corrected chi connectivity index (χ2v) is 5.54. The van der Waals surface area contributed by atoms with E-state index in [0.717, 1.165) is 12.1 Å². The van der Waals surface area contributed by atoms with E-state index in [1.807, 2.05) is 0 Å². The molecule has 0 atom stereocenters. The Morgan fingerprint density at radius 1 is 1.04 bits per heavy atom. The summed E-state index contributed by atoms with van der Waals surface area (Å²) >= 11 is 0. The molecule has 0 bridgehead atoms. The van der Waals surface area contributed by atoms with Crippen molar-refractivity contribution in [2.75, 3.05) is 0 Å². The summed E-state index contributed by atoms with van der Waals surface area (Å²) < 4.78 is 44.3. The van der Waals surface area contributed by atoms with Crippen molar-refractivity contribution in [2.24, 2.45) is 0 Å². The fourth-order valence-corrected chi connectivity index (χ4v) is 2.27. The van der Waals surface area contributed by atoms with E-state index in [1.165, 1.54) is 16.8 Å². The summed E-state index contributed by atoms with van der Waals surface area (Å²) in [6.45, 7) is 0.221. The van der Waals surface area contributed by atoms with Crippen molar-refractivity contribution >= 4 is 5.97 Å². The quantitative estimate of drug-likeness (QED) is 0.650. The minimum absolute atomic E-state index is 0.0409. The summed E-state index contributed by atoms with van der Waals surface area (Å²) in [6, 6.07) is 13.4. The monoisotopic (exact) mass is 361 g/mol. The van der Waals surface area contributed by atoms with Crippen LogP contribution < -0.4 is 0 Å². The number of carbonyl (C=O) groups is 1. The highest BCUT2D eigenvalue weighted by Gasteiger charge is 2.29. The highest BCUT2D eigenvalue weighted by Crippen LogP contribution is 2.29. The Bertz CT molecular complexity index is 875. The minimum atomic E-state index is -4.36. The molecule has 0 N–H and O–H groups in total. The van der Waals surface area contributed by atoms with Gasteiger partial charge in [0.1, 0.15) is 12.3 Å². The van der Waals surface area contributed by atoms with Crippen LogP contribution in [-0.4, -0.2) is 21.0 Å². The van der Waals surface area contributed by atoms with Crippen molar-refractivity contribution in [3.05, 3.63) is 83.2 Å². The zero-order valence-electron chi connectivity index (χ0n) is 13.5. The molecule has 0 amide bonds. The smallest absolute Gasteiger partial charge is 0.416 e. The van der Waals surface area contributed by atoms with Crippen molar-refractivity contribution in [3.63, 3.8) is 0 Å². The summed E-state index contributed by atoms with van der Waals surface area (Å²) in [5, 5.41) is 7.78. The Morgan fingerprint density at radius 3 is 2.38 bits per heavy atom. The van der Waals surface area contributed by atoms with E-state index in [0.29, 0.717) is 16.8 Å². The fraction of sp³-hybridized carbons (Fsp3) is 0.167. The first-order chi connectivity index (χ1) is 12.4. The number of hydrogen-bond donors (Lipinski definition) is 0. The number of esters is 1. The van der Waals surface area contributed by atoms with Crippen molar-refractivity contribution in [1.82, 2.24) is 15.0 Å². The van der Waals surface area contributed by atoms with Crippen molar-refractivity contribution in [2.45, 2.75) is 19.3 Å². The number of benzene rings is 2. The second-order valence-electron chi connectivity index (χ2n) is 5.54. The first kappa shape index (κ1) is 17.7. The second kappa shape index (κ2) is 7.38. The topological polar surface area (TPSA) is 57.0 Å². The molecule has 2 aromatic carbocycles.